The zero-order valence-electron chi connectivity index (χ0n) is 17.8. The maximum atomic E-state index is 12.5. The van der Waals surface area contributed by atoms with Crippen molar-refractivity contribution in [1.29, 1.82) is 5.26 Å². The Morgan fingerprint density at radius 1 is 1.10 bits per heavy atom. The van der Waals surface area contributed by atoms with Crippen LogP contribution in [0.15, 0.2) is 54.6 Å². The Bertz CT molecular complexity index is 967. The Kier molecular flexibility index (Phi) is 8.15. The van der Waals surface area contributed by atoms with Gasteiger partial charge in [-0.1, -0.05) is 31.2 Å². The van der Waals surface area contributed by atoms with Crippen LogP contribution in [0, 0.1) is 16.9 Å². The Morgan fingerprint density at radius 3 is 2.45 bits per heavy atom. The van der Waals surface area contributed by atoms with E-state index in [1.807, 2.05) is 6.92 Å². The standard InChI is InChI=1S/C23H26N4O4/c1-4-13-25-21(29)23(2,3)15-31-19-12-8-11-18(14-19)27(16-24)22(30)26-20(28)17-9-6-5-7-10-17/h5-12,14H,4,13,15H2,1-3H3,(H,25,29)(H,26,28,30). The van der Waals surface area contributed by atoms with Crippen LogP contribution in [0.25, 0.3) is 0 Å². The first-order chi connectivity index (χ1) is 14.8. The first kappa shape index (κ1) is 23.4. The van der Waals surface area contributed by atoms with Gasteiger partial charge < -0.3 is 10.1 Å². The monoisotopic (exact) mass is 422 g/mol. The average molecular weight is 422 g/mol. The second-order valence-electron chi connectivity index (χ2n) is 7.49. The molecule has 0 bridgehead atoms. The molecule has 162 valence electrons. The molecule has 0 spiro atoms. The van der Waals surface area contributed by atoms with Gasteiger partial charge in [0.05, 0.1) is 11.1 Å². The molecule has 0 aliphatic heterocycles. The number of carbonyl (C=O) groups is 3. The highest BCUT2D eigenvalue weighted by Gasteiger charge is 2.28. The highest BCUT2D eigenvalue weighted by molar-refractivity contribution is 6.09. The van der Waals surface area contributed by atoms with Crippen molar-refractivity contribution in [1.82, 2.24) is 10.6 Å². The van der Waals surface area contributed by atoms with Gasteiger partial charge in [0.1, 0.15) is 12.4 Å². The molecular weight excluding hydrogens is 396 g/mol. The Labute approximate surface area is 181 Å². The summed E-state index contributed by atoms with van der Waals surface area (Å²) in [5, 5.41) is 14.5. The number of carbonyl (C=O) groups excluding carboxylic acids is 3. The van der Waals surface area contributed by atoms with Crippen molar-refractivity contribution in [2.24, 2.45) is 5.41 Å². The summed E-state index contributed by atoms with van der Waals surface area (Å²) in [6, 6.07) is 13.7. The number of hydrogen-bond acceptors (Lipinski definition) is 5. The number of nitrogens with one attached hydrogen (secondary N) is 2. The summed E-state index contributed by atoms with van der Waals surface area (Å²) in [6.07, 6.45) is 2.60. The number of benzene rings is 2. The predicted octanol–water partition coefficient (Wildman–Crippen LogP) is 3.46. The first-order valence-corrected chi connectivity index (χ1v) is 9.90. The van der Waals surface area contributed by atoms with Gasteiger partial charge in [0, 0.05) is 18.2 Å². The van der Waals surface area contributed by atoms with E-state index in [4.69, 9.17) is 4.74 Å². The van der Waals surface area contributed by atoms with Crippen LogP contribution in [0.3, 0.4) is 0 Å². The Hall–Kier alpha value is -3.86. The number of rotatable bonds is 8. The molecule has 0 unspecified atom stereocenters. The first-order valence-electron chi connectivity index (χ1n) is 9.90. The molecule has 0 saturated heterocycles. The molecule has 2 aromatic rings. The van der Waals surface area contributed by atoms with Gasteiger partial charge in [0.2, 0.25) is 5.91 Å². The predicted molar refractivity (Wildman–Crippen MR) is 116 cm³/mol. The topological polar surface area (TPSA) is 112 Å². The zero-order chi connectivity index (χ0) is 22.9. The highest BCUT2D eigenvalue weighted by Crippen LogP contribution is 2.24. The number of amides is 4. The fraction of sp³-hybridized carbons (Fsp3) is 0.304. The summed E-state index contributed by atoms with van der Waals surface area (Å²) in [5.74, 6) is -0.350. The van der Waals surface area contributed by atoms with Gasteiger partial charge in [-0.3, -0.25) is 14.9 Å². The second kappa shape index (κ2) is 10.8. The molecule has 2 aromatic carbocycles. The minimum atomic E-state index is -0.882. The van der Waals surface area contributed by atoms with E-state index in [2.05, 4.69) is 10.6 Å². The zero-order valence-corrected chi connectivity index (χ0v) is 17.8. The van der Waals surface area contributed by atoms with Crippen LogP contribution in [0.4, 0.5) is 10.5 Å². The summed E-state index contributed by atoms with van der Waals surface area (Å²) in [6.45, 7) is 6.21. The summed E-state index contributed by atoms with van der Waals surface area (Å²) >= 11 is 0. The molecule has 8 heteroatoms. The number of ether oxygens (including phenoxy) is 1. The Morgan fingerprint density at radius 2 is 1.81 bits per heavy atom. The summed E-state index contributed by atoms with van der Waals surface area (Å²) in [7, 11) is 0. The largest absolute Gasteiger partial charge is 0.492 e. The van der Waals surface area contributed by atoms with Crippen molar-refractivity contribution in [3.8, 4) is 11.9 Å². The maximum absolute atomic E-state index is 12.5. The number of hydrogen-bond donors (Lipinski definition) is 2. The number of anilines is 1. The molecular formula is C23H26N4O4. The lowest BCUT2D eigenvalue weighted by atomic mass is 9.93. The molecule has 0 radical (unpaired) electrons. The molecule has 0 aromatic heterocycles. The minimum Gasteiger partial charge on any atom is -0.492 e. The number of imide groups is 1. The number of urea groups is 1. The third kappa shape index (κ3) is 6.57. The normalized spacial score (nSPS) is 10.5. The number of nitriles is 1. The van der Waals surface area contributed by atoms with Crippen LogP contribution in [-0.2, 0) is 4.79 Å². The Balaban J connectivity index is 2.06. The van der Waals surface area contributed by atoms with Crippen LogP contribution in [0.2, 0.25) is 0 Å². The second-order valence-corrected chi connectivity index (χ2v) is 7.49. The molecule has 4 amide bonds. The fourth-order valence-corrected chi connectivity index (χ4v) is 2.55. The van der Waals surface area contributed by atoms with Gasteiger partial charge in [0.15, 0.2) is 6.19 Å². The van der Waals surface area contributed by atoms with E-state index in [-0.39, 0.29) is 18.2 Å². The van der Waals surface area contributed by atoms with Crippen molar-refractivity contribution in [3.05, 3.63) is 60.2 Å². The van der Waals surface area contributed by atoms with E-state index < -0.39 is 17.4 Å². The van der Waals surface area contributed by atoms with Gasteiger partial charge in [0.25, 0.3) is 5.91 Å². The van der Waals surface area contributed by atoms with Crippen molar-refractivity contribution >= 4 is 23.5 Å². The molecule has 0 saturated carbocycles. The van der Waals surface area contributed by atoms with Crippen molar-refractivity contribution < 1.29 is 19.1 Å². The van der Waals surface area contributed by atoms with E-state index >= 15 is 0 Å². The van der Waals surface area contributed by atoms with E-state index in [0.717, 1.165) is 11.3 Å². The van der Waals surface area contributed by atoms with Crippen LogP contribution < -0.4 is 20.3 Å². The van der Waals surface area contributed by atoms with Gasteiger partial charge in [-0.25, -0.2) is 4.79 Å². The third-order valence-electron chi connectivity index (χ3n) is 4.39. The number of nitrogens with zero attached hydrogens (tertiary/aromatic N) is 2. The van der Waals surface area contributed by atoms with Gasteiger partial charge in [-0.15, -0.1) is 0 Å². The fourth-order valence-electron chi connectivity index (χ4n) is 2.55. The molecule has 0 aliphatic carbocycles. The molecule has 0 fully saturated rings. The minimum absolute atomic E-state index is 0.108. The van der Waals surface area contributed by atoms with Crippen molar-refractivity contribution in [3.63, 3.8) is 0 Å². The average Bonchev–Trinajstić information content (AvgIpc) is 2.77. The SMILES string of the molecule is CCCNC(=O)C(C)(C)COc1cccc(N(C#N)C(=O)NC(=O)c2ccccc2)c1. The van der Waals surface area contributed by atoms with E-state index in [1.54, 1.807) is 68.6 Å². The van der Waals surface area contributed by atoms with Crippen LogP contribution in [0.5, 0.6) is 5.75 Å². The molecule has 2 N–H and O–H groups in total. The quantitative estimate of drug-likeness (QED) is 0.500. The summed E-state index contributed by atoms with van der Waals surface area (Å²) in [5.41, 5.74) is -0.236. The van der Waals surface area contributed by atoms with E-state index in [0.29, 0.717) is 17.9 Å². The third-order valence-corrected chi connectivity index (χ3v) is 4.39. The van der Waals surface area contributed by atoms with Crippen LogP contribution in [0.1, 0.15) is 37.6 Å². The molecule has 0 aliphatic rings. The van der Waals surface area contributed by atoms with Gasteiger partial charge >= 0.3 is 6.03 Å². The van der Waals surface area contributed by atoms with Crippen LogP contribution in [-0.4, -0.2) is 31.0 Å². The van der Waals surface area contributed by atoms with Crippen molar-refractivity contribution in [2.45, 2.75) is 27.2 Å². The lowest BCUT2D eigenvalue weighted by Crippen LogP contribution is -2.41. The maximum Gasteiger partial charge on any atom is 0.342 e. The van der Waals surface area contributed by atoms with Crippen LogP contribution >= 0.6 is 0 Å². The van der Waals surface area contributed by atoms with E-state index in [9.17, 15) is 19.6 Å². The highest BCUT2D eigenvalue weighted by atomic mass is 16.5. The molecule has 0 atom stereocenters. The lowest BCUT2D eigenvalue weighted by molar-refractivity contribution is -0.130. The van der Waals surface area contributed by atoms with Gasteiger partial charge in [-0.2, -0.15) is 10.2 Å². The molecule has 31 heavy (non-hydrogen) atoms. The molecule has 2 rings (SSSR count). The molecule has 0 heterocycles. The van der Waals surface area contributed by atoms with E-state index in [1.165, 1.54) is 6.07 Å². The van der Waals surface area contributed by atoms with Gasteiger partial charge in [-0.05, 0) is 44.5 Å². The summed E-state index contributed by atoms with van der Waals surface area (Å²) < 4.78 is 5.74. The summed E-state index contributed by atoms with van der Waals surface area (Å²) in [4.78, 5) is 37.7. The molecule has 8 nitrogen and oxygen atoms in total. The lowest BCUT2D eigenvalue weighted by Gasteiger charge is -2.24. The smallest absolute Gasteiger partial charge is 0.342 e. The van der Waals surface area contributed by atoms with Crippen molar-refractivity contribution in [2.75, 3.05) is 18.1 Å².